The van der Waals surface area contributed by atoms with E-state index in [1.807, 2.05) is 0 Å². The van der Waals surface area contributed by atoms with E-state index in [1.54, 1.807) is 12.1 Å². The maximum atomic E-state index is 12.5. The molecule has 108 valence electrons. The third-order valence-corrected chi connectivity index (χ3v) is 5.83. The van der Waals surface area contributed by atoms with Gasteiger partial charge in [-0.1, -0.05) is 57.8 Å². The van der Waals surface area contributed by atoms with Crippen LogP contribution in [0.15, 0.2) is 24.3 Å². The fourth-order valence-electron chi connectivity index (χ4n) is 1.86. The Bertz CT molecular complexity index is 392. The highest BCUT2D eigenvalue weighted by Crippen LogP contribution is 2.36. The molecule has 0 fully saturated rings. The summed E-state index contributed by atoms with van der Waals surface area (Å²) in [6.45, 7) is 4.26. The molecule has 0 atom stereocenters. The average Bonchev–Trinajstić information content (AvgIpc) is 2.35. The van der Waals surface area contributed by atoms with Gasteiger partial charge < -0.3 is 0 Å². The topological polar surface area (TPSA) is 0 Å². The summed E-state index contributed by atoms with van der Waals surface area (Å²) in [4.78, 5) is 0. The lowest BCUT2D eigenvalue weighted by Crippen LogP contribution is -2.33. The van der Waals surface area contributed by atoms with Crippen molar-refractivity contribution in [3.63, 3.8) is 0 Å². The summed E-state index contributed by atoms with van der Waals surface area (Å²) in [6, 6.07) is 5.46. The third kappa shape index (κ3) is 4.22. The first kappa shape index (κ1) is 17.0. The summed E-state index contributed by atoms with van der Waals surface area (Å²) in [5.41, 5.74) is 0.351. The summed E-state index contributed by atoms with van der Waals surface area (Å²) in [6.07, 6.45) is -3.52. The van der Waals surface area contributed by atoms with E-state index in [0.717, 1.165) is 34.8 Å². The van der Waals surface area contributed by atoms with Gasteiger partial charge in [0.2, 0.25) is 0 Å². The minimum absolute atomic E-state index is 0.0136. The molecule has 0 aromatic heterocycles. The molecular formula is C14H17Br2F3. The highest BCUT2D eigenvalue weighted by molar-refractivity contribution is 9.09. The Hall–Kier alpha value is -0.0300. The van der Waals surface area contributed by atoms with Gasteiger partial charge in [0.1, 0.15) is 0 Å². The third-order valence-electron chi connectivity index (χ3n) is 3.59. The highest BCUT2D eigenvalue weighted by Gasteiger charge is 2.33. The normalized spacial score (nSPS) is 13.1. The lowest BCUT2D eigenvalue weighted by Gasteiger charge is -2.34. The monoisotopic (exact) mass is 400 g/mol. The van der Waals surface area contributed by atoms with Crippen molar-refractivity contribution in [1.29, 1.82) is 0 Å². The van der Waals surface area contributed by atoms with E-state index in [-0.39, 0.29) is 5.41 Å². The van der Waals surface area contributed by atoms with Crippen molar-refractivity contribution in [3.8, 4) is 0 Å². The quantitative estimate of drug-likeness (QED) is 0.556. The van der Waals surface area contributed by atoms with Gasteiger partial charge in [-0.3, -0.25) is 0 Å². The van der Waals surface area contributed by atoms with Crippen molar-refractivity contribution in [2.45, 2.75) is 26.4 Å². The number of rotatable bonds is 5. The fourth-order valence-corrected chi connectivity index (χ4v) is 4.48. The summed E-state index contributed by atoms with van der Waals surface area (Å²) >= 11 is 7.06. The molecule has 0 saturated carbocycles. The van der Waals surface area contributed by atoms with Crippen LogP contribution in [0.1, 0.15) is 25.0 Å². The van der Waals surface area contributed by atoms with Crippen LogP contribution in [0.3, 0.4) is 0 Å². The van der Waals surface area contributed by atoms with Gasteiger partial charge in [0.25, 0.3) is 0 Å². The number of halogens is 5. The van der Waals surface area contributed by atoms with Crippen LogP contribution in [0.4, 0.5) is 13.2 Å². The first-order valence-corrected chi connectivity index (χ1v) is 8.27. The smallest absolute Gasteiger partial charge is 0.166 e. The van der Waals surface area contributed by atoms with Crippen molar-refractivity contribution in [3.05, 3.63) is 35.4 Å². The molecule has 1 rings (SSSR count). The van der Waals surface area contributed by atoms with Crippen molar-refractivity contribution in [2.24, 2.45) is 11.3 Å². The first-order valence-electron chi connectivity index (χ1n) is 6.03. The van der Waals surface area contributed by atoms with Gasteiger partial charge >= 0.3 is 6.18 Å². The van der Waals surface area contributed by atoms with Crippen LogP contribution < -0.4 is 0 Å². The Balaban J connectivity index is 2.93. The van der Waals surface area contributed by atoms with Crippen molar-refractivity contribution in [1.82, 2.24) is 0 Å². The predicted octanol–water partition coefficient (Wildman–Crippen LogP) is 5.68. The maximum absolute atomic E-state index is 12.5. The van der Waals surface area contributed by atoms with Gasteiger partial charge in [0.15, 0.2) is 0 Å². The van der Waals surface area contributed by atoms with Crippen molar-refractivity contribution >= 4 is 31.9 Å². The molecule has 19 heavy (non-hydrogen) atoms. The summed E-state index contributed by atoms with van der Waals surface area (Å²) in [7, 11) is 0. The zero-order valence-electron chi connectivity index (χ0n) is 10.9. The second-order valence-corrected chi connectivity index (χ2v) is 6.28. The zero-order valence-corrected chi connectivity index (χ0v) is 14.1. The highest BCUT2D eigenvalue weighted by atomic mass is 79.9. The van der Waals surface area contributed by atoms with E-state index >= 15 is 0 Å². The molecule has 5 heteroatoms. The largest absolute Gasteiger partial charge is 0.416 e. The van der Waals surface area contributed by atoms with E-state index in [1.165, 1.54) is 0 Å². The second kappa shape index (κ2) is 6.61. The molecule has 0 aliphatic rings. The zero-order chi connectivity index (χ0) is 14.7. The van der Waals surface area contributed by atoms with Gasteiger partial charge in [-0.25, -0.2) is 0 Å². The van der Waals surface area contributed by atoms with Gasteiger partial charge in [-0.05, 0) is 35.4 Å². The molecule has 0 amide bonds. The Morgan fingerprint density at radius 3 is 1.79 bits per heavy atom. The van der Waals surface area contributed by atoms with E-state index in [2.05, 4.69) is 45.7 Å². The molecule has 0 bridgehead atoms. The number of alkyl halides is 5. The average molecular weight is 402 g/mol. The summed E-state index contributed by atoms with van der Waals surface area (Å²) in [5, 5.41) is 1.62. The summed E-state index contributed by atoms with van der Waals surface area (Å²) in [5.74, 6) is 0.425. The molecule has 0 aliphatic heterocycles. The minimum atomic E-state index is -4.27. The molecule has 0 aliphatic carbocycles. The van der Waals surface area contributed by atoms with Gasteiger partial charge in [0, 0.05) is 10.7 Å². The molecule has 0 unspecified atom stereocenters. The van der Waals surface area contributed by atoms with Crippen LogP contribution in [0.5, 0.6) is 0 Å². The lowest BCUT2D eigenvalue weighted by atomic mass is 9.76. The second-order valence-electron chi connectivity index (χ2n) is 5.16. The molecule has 0 spiro atoms. The molecule has 0 radical (unpaired) electrons. The number of hydrogen-bond acceptors (Lipinski definition) is 0. The molecular weight excluding hydrogens is 385 g/mol. The van der Waals surface area contributed by atoms with E-state index in [0.29, 0.717) is 5.92 Å². The molecule has 1 aromatic rings. The van der Waals surface area contributed by atoms with Crippen LogP contribution in [0.2, 0.25) is 0 Å². The maximum Gasteiger partial charge on any atom is 0.416 e. The van der Waals surface area contributed by atoms with E-state index in [9.17, 15) is 13.2 Å². The van der Waals surface area contributed by atoms with Crippen molar-refractivity contribution in [2.75, 3.05) is 10.7 Å². The lowest BCUT2D eigenvalue weighted by molar-refractivity contribution is -0.137. The van der Waals surface area contributed by atoms with Crippen LogP contribution in [0, 0.1) is 11.3 Å². The number of hydrogen-bond donors (Lipinski definition) is 0. The Morgan fingerprint density at radius 2 is 1.47 bits per heavy atom. The van der Waals surface area contributed by atoms with E-state index in [4.69, 9.17) is 0 Å². The molecule has 0 N–H and O–H groups in total. The van der Waals surface area contributed by atoms with Crippen molar-refractivity contribution < 1.29 is 13.2 Å². The minimum Gasteiger partial charge on any atom is -0.166 e. The molecule has 0 nitrogen and oxygen atoms in total. The standard InChI is InChI=1S/C14H17Br2F3/c1-10(2)13(8-15,9-16)7-11-3-5-12(6-4-11)14(17,18)19/h3-6,10H,7-9H2,1-2H3. The van der Waals surface area contributed by atoms with Gasteiger partial charge in [-0.2, -0.15) is 13.2 Å². The van der Waals surface area contributed by atoms with Gasteiger partial charge in [0.05, 0.1) is 5.56 Å². The fraction of sp³-hybridized carbons (Fsp3) is 0.571. The SMILES string of the molecule is CC(C)C(CBr)(CBr)Cc1ccc(C(F)(F)F)cc1. The first-order chi connectivity index (χ1) is 8.75. The summed E-state index contributed by atoms with van der Waals surface area (Å²) < 4.78 is 37.5. The number of benzene rings is 1. The van der Waals surface area contributed by atoms with Crippen LogP contribution in [-0.2, 0) is 12.6 Å². The van der Waals surface area contributed by atoms with Crippen LogP contribution in [-0.4, -0.2) is 10.7 Å². The Kier molecular flexibility index (Phi) is 5.93. The predicted molar refractivity (Wildman–Crippen MR) is 80.0 cm³/mol. The van der Waals surface area contributed by atoms with Gasteiger partial charge in [-0.15, -0.1) is 0 Å². The van der Waals surface area contributed by atoms with Crippen LogP contribution >= 0.6 is 31.9 Å². The Morgan fingerprint density at radius 1 is 1.00 bits per heavy atom. The molecule has 1 aromatic carbocycles. The van der Waals surface area contributed by atoms with E-state index < -0.39 is 11.7 Å². The van der Waals surface area contributed by atoms with Crippen LogP contribution in [0.25, 0.3) is 0 Å². The Labute approximate surface area is 129 Å². The molecule has 0 heterocycles. The molecule has 0 saturated heterocycles.